The van der Waals surface area contributed by atoms with E-state index < -0.39 is 23.5 Å². The molecule has 0 bridgehead atoms. The summed E-state index contributed by atoms with van der Waals surface area (Å²) in [5.74, 6) is -1.25. The van der Waals surface area contributed by atoms with E-state index in [-0.39, 0.29) is 33.5 Å². The molecular weight excluding hydrogens is 485 g/mol. The van der Waals surface area contributed by atoms with Gasteiger partial charge in [0.25, 0.3) is 11.7 Å². The highest BCUT2D eigenvalue weighted by atomic mass is 35.5. The summed E-state index contributed by atoms with van der Waals surface area (Å²) < 4.78 is 10.7. The van der Waals surface area contributed by atoms with Gasteiger partial charge in [-0.25, -0.2) is 0 Å². The van der Waals surface area contributed by atoms with E-state index in [2.05, 4.69) is 0 Å². The molecule has 0 radical (unpaired) electrons. The molecule has 0 aliphatic carbocycles. The molecule has 6 nitrogen and oxygen atoms in total. The number of rotatable bonds is 6. The number of carbonyl (C=O) groups is 2. The zero-order valence-corrected chi connectivity index (χ0v) is 20.0. The van der Waals surface area contributed by atoms with Crippen LogP contribution in [-0.4, -0.2) is 35.9 Å². The van der Waals surface area contributed by atoms with Gasteiger partial charge < -0.3 is 19.5 Å². The molecule has 0 spiro atoms. The van der Waals surface area contributed by atoms with Gasteiger partial charge in [0.1, 0.15) is 17.3 Å². The van der Waals surface area contributed by atoms with Gasteiger partial charge in [0, 0.05) is 9.90 Å². The molecule has 1 atom stereocenters. The molecule has 4 rings (SSSR count). The van der Waals surface area contributed by atoms with Gasteiger partial charge in [-0.2, -0.15) is 0 Å². The van der Waals surface area contributed by atoms with Crippen LogP contribution in [0.25, 0.3) is 5.76 Å². The first-order chi connectivity index (χ1) is 15.8. The Bertz CT molecular complexity index is 1260. The molecular formula is C24H19Cl2NO5S. The normalized spacial score (nSPS) is 17.5. The number of carbonyl (C=O) groups excluding carboxylic acids is 2. The molecule has 1 unspecified atom stereocenters. The number of halogens is 2. The zero-order valence-electron chi connectivity index (χ0n) is 17.7. The Hall–Kier alpha value is -3.00. The van der Waals surface area contributed by atoms with Crippen LogP contribution in [0, 0.1) is 0 Å². The maximum Gasteiger partial charge on any atom is 0.295 e. The highest BCUT2D eigenvalue weighted by Crippen LogP contribution is 2.44. The number of aliphatic hydroxyl groups is 1. The Balaban J connectivity index is 1.95. The Morgan fingerprint density at radius 2 is 1.88 bits per heavy atom. The van der Waals surface area contributed by atoms with E-state index in [4.69, 9.17) is 32.7 Å². The average molecular weight is 504 g/mol. The molecule has 170 valence electrons. The number of benzene rings is 2. The van der Waals surface area contributed by atoms with Crippen LogP contribution in [0.15, 0.2) is 59.5 Å². The van der Waals surface area contributed by atoms with Gasteiger partial charge in [0.2, 0.25) is 0 Å². The van der Waals surface area contributed by atoms with Crippen molar-refractivity contribution in [2.75, 3.05) is 14.2 Å². The first-order valence-electron chi connectivity index (χ1n) is 9.83. The third-order valence-corrected chi connectivity index (χ3v) is 6.68. The number of amides is 1. The molecule has 1 aliphatic heterocycles. The molecule has 1 aliphatic rings. The molecule has 2 heterocycles. The number of ketones is 1. The summed E-state index contributed by atoms with van der Waals surface area (Å²) in [7, 11) is 2.92. The summed E-state index contributed by atoms with van der Waals surface area (Å²) in [5.41, 5.74) is 0.650. The van der Waals surface area contributed by atoms with Gasteiger partial charge in [-0.15, -0.1) is 11.3 Å². The Labute approximate surface area is 204 Å². The summed E-state index contributed by atoms with van der Waals surface area (Å²) in [4.78, 5) is 28.7. The number of nitrogens with zero attached hydrogens (tertiary/aromatic N) is 1. The van der Waals surface area contributed by atoms with Crippen molar-refractivity contribution in [2.45, 2.75) is 12.6 Å². The summed E-state index contributed by atoms with van der Waals surface area (Å²) in [6.45, 7) is 0.203. The summed E-state index contributed by atoms with van der Waals surface area (Å²) >= 11 is 13.9. The van der Waals surface area contributed by atoms with Crippen LogP contribution in [0.3, 0.4) is 0 Å². The largest absolute Gasteiger partial charge is 0.507 e. The number of ether oxygens (including phenoxy) is 2. The lowest BCUT2D eigenvalue weighted by Crippen LogP contribution is -2.28. The van der Waals surface area contributed by atoms with Gasteiger partial charge in [-0.05, 0) is 41.3 Å². The fourth-order valence-corrected chi connectivity index (χ4v) is 5.13. The highest BCUT2D eigenvalue weighted by molar-refractivity contribution is 7.09. The van der Waals surface area contributed by atoms with Crippen LogP contribution in [-0.2, 0) is 16.1 Å². The van der Waals surface area contributed by atoms with Crippen molar-refractivity contribution in [3.63, 3.8) is 0 Å². The molecule has 33 heavy (non-hydrogen) atoms. The smallest absolute Gasteiger partial charge is 0.295 e. The Morgan fingerprint density at radius 1 is 1.09 bits per heavy atom. The monoisotopic (exact) mass is 503 g/mol. The molecule has 1 N–H and O–H groups in total. The second-order valence-corrected chi connectivity index (χ2v) is 9.13. The third-order valence-electron chi connectivity index (χ3n) is 5.32. The number of thiophene rings is 1. The van der Waals surface area contributed by atoms with Crippen LogP contribution in [0.1, 0.15) is 22.0 Å². The van der Waals surface area contributed by atoms with E-state index in [1.165, 1.54) is 42.6 Å². The van der Waals surface area contributed by atoms with Crippen LogP contribution in [0.5, 0.6) is 11.5 Å². The lowest BCUT2D eigenvalue weighted by molar-refractivity contribution is -0.140. The van der Waals surface area contributed by atoms with Crippen molar-refractivity contribution in [1.82, 2.24) is 4.90 Å². The number of hydrogen-bond acceptors (Lipinski definition) is 6. The Kier molecular flexibility index (Phi) is 6.65. The fraction of sp³-hybridized carbons (Fsp3) is 0.167. The van der Waals surface area contributed by atoms with Gasteiger partial charge >= 0.3 is 0 Å². The molecule has 1 saturated heterocycles. The predicted molar refractivity (Wildman–Crippen MR) is 128 cm³/mol. The summed E-state index contributed by atoms with van der Waals surface area (Å²) in [5, 5.41) is 13.6. The van der Waals surface area contributed by atoms with E-state index in [0.717, 1.165) is 4.88 Å². The van der Waals surface area contributed by atoms with Crippen molar-refractivity contribution in [2.24, 2.45) is 0 Å². The van der Waals surface area contributed by atoms with Crippen LogP contribution >= 0.6 is 34.5 Å². The standard InChI is InChI=1S/C24H19Cl2NO5S/c1-31-15-6-3-5-13(9-15)20-19(21(28)17-10-14(25)11-18(26)23(17)32-2)22(29)24(30)27(20)12-16-7-4-8-33-16/h3-11,20,28H,12H2,1-2H3/b21-19+. The van der Waals surface area contributed by atoms with Crippen LogP contribution < -0.4 is 9.47 Å². The van der Waals surface area contributed by atoms with E-state index in [0.29, 0.717) is 11.3 Å². The number of methoxy groups -OCH3 is 2. The van der Waals surface area contributed by atoms with Gasteiger partial charge in [0.05, 0.1) is 43.0 Å². The van der Waals surface area contributed by atoms with E-state index in [9.17, 15) is 14.7 Å². The number of likely N-dealkylation sites (tertiary alicyclic amines) is 1. The van der Waals surface area contributed by atoms with Crippen LogP contribution in [0.2, 0.25) is 10.0 Å². The summed E-state index contributed by atoms with van der Waals surface area (Å²) in [6, 6.07) is 12.8. The minimum absolute atomic E-state index is 0.0820. The lowest BCUT2D eigenvalue weighted by Gasteiger charge is -2.25. The van der Waals surface area contributed by atoms with Crippen molar-refractivity contribution >= 4 is 52.0 Å². The highest BCUT2D eigenvalue weighted by Gasteiger charge is 2.46. The molecule has 3 aromatic rings. The minimum atomic E-state index is -0.857. The van der Waals surface area contributed by atoms with Gasteiger partial charge in [-0.3, -0.25) is 9.59 Å². The van der Waals surface area contributed by atoms with E-state index >= 15 is 0 Å². The van der Waals surface area contributed by atoms with Crippen molar-refractivity contribution < 1.29 is 24.2 Å². The topological polar surface area (TPSA) is 76.1 Å². The Morgan fingerprint density at radius 3 is 2.55 bits per heavy atom. The van der Waals surface area contributed by atoms with Gasteiger partial charge in [-0.1, -0.05) is 41.4 Å². The van der Waals surface area contributed by atoms with Crippen molar-refractivity contribution in [1.29, 1.82) is 0 Å². The lowest BCUT2D eigenvalue weighted by atomic mass is 9.94. The first kappa shape index (κ1) is 23.2. The maximum absolute atomic E-state index is 13.2. The molecule has 9 heteroatoms. The molecule has 2 aromatic carbocycles. The second kappa shape index (κ2) is 9.47. The van der Waals surface area contributed by atoms with Crippen LogP contribution in [0.4, 0.5) is 0 Å². The predicted octanol–water partition coefficient (Wildman–Crippen LogP) is 5.69. The first-order valence-corrected chi connectivity index (χ1v) is 11.5. The van der Waals surface area contributed by atoms with E-state index in [1.807, 2.05) is 17.5 Å². The van der Waals surface area contributed by atoms with Gasteiger partial charge in [0.15, 0.2) is 0 Å². The zero-order chi connectivity index (χ0) is 23.7. The minimum Gasteiger partial charge on any atom is -0.507 e. The number of Topliss-reactive ketones (excluding diaryl/α,β-unsaturated/α-hetero) is 1. The summed E-state index contributed by atoms with van der Waals surface area (Å²) in [6.07, 6.45) is 0. The van der Waals surface area contributed by atoms with Crippen molar-refractivity contribution in [3.05, 3.63) is 85.5 Å². The quantitative estimate of drug-likeness (QED) is 0.265. The second-order valence-electron chi connectivity index (χ2n) is 7.25. The molecule has 0 saturated carbocycles. The molecule has 1 amide bonds. The SMILES string of the molecule is COc1cccc(C2/C(=C(\O)c3cc(Cl)cc(Cl)c3OC)C(=O)C(=O)N2Cc2cccs2)c1. The molecule has 1 aromatic heterocycles. The number of hydrogen-bond donors (Lipinski definition) is 1. The molecule has 1 fully saturated rings. The van der Waals surface area contributed by atoms with E-state index in [1.54, 1.807) is 24.3 Å². The average Bonchev–Trinajstić information content (AvgIpc) is 3.40. The maximum atomic E-state index is 13.2. The fourth-order valence-electron chi connectivity index (χ4n) is 3.86. The third kappa shape index (κ3) is 4.31. The number of aliphatic hydroxyl groups excluding tert-OH is 1. The van der Waals surface area contributed by atoms with Crippen molar-refractivity contribution in [3.8, 4) is 11.5 Å².